The topological polar surface area (TPSA) is 83.5 Å². The maximum atomic E-state index is 13.0. The molecule has 0 atom stereocenters. The number of ether oxygens (including phenoxy) is 5. The summed E-state index contributed by atoms with van der Waals surface area (Å²) in [6.45, 7) is 0.388. The minimum Gasteiger partial charge on any atom is -0.504 e. The number of benzene rings is 2. The van der Waals surface area contributed by atoms with Crippen molar-refractivity contribution in [2.24, 2.45) is 0 Å². The lowest BCUT2D eigenvalue weighted by atomic mass is 9.97. The van der Waals surface area contributed by atoms with E-state index in [0.717, 1.165) is 5.56 Å². The fourth-order valence-corrected chi connectivity index (χ4v) is 3.21. The Morgan fingerprint density at radius 3 is 1.87 bits per heavy atom. The van der Waals surface area contributed by atoms with Crippen molar-refractivity contribution < 1.29 is 33.6 Å². The Bertz CT molecular complexity index is 980. The first-order valence-corrected chi connectivity index (χ1v) is 9.21. The quantitative estimate of drug-likeness (QED) is 0.727. The van der Waals surface area contributed by atoms with Crippen LogP contribution in [0.5, 0.6) is 28.7 Å². The van der Waals surface area contributed by atoms with Gasteiger partial charge in [-0.05, 0) is 47.5 Å². The lowest BCUT2D eigenvalue weighted by Crippen LogP contribution is -2.21. The summed E-state index contributed by atoms with van der Waals surface area (Å²) in [6.07, 6.45) is 3.44. The van der Waals surface area contributed by atoms with Crippen LogP contribution in [0.3, 0.4) is 0 Å². The predicted molar refractivity (Wildman–Crippen MR) is 113 cm³/mol. The summed E-state index contributed by atoms with van der Waals surface area (Å²) in [7, 11) is 6.08. The van der Waals surface area contributed by atoms with Gasteiger partial charge in [0.2, 0.25) is 5.75 Å². The molecule has 0 radical (unpaired) electrons. The van der Waals surface area contributed by atoms with Crippen molar-refractivity contribution in [3.8, 4) is 28.7 Å². The van der Waals surface area contributed by atoms with Gasteiger partial charge in [0.25, 0.3) is 0 Å². The third kappa shape index (κ3) is 4.41. The van der Waals surface area contributed by atoms with Crippen LogP contribution in [0.2, 0.25) is 0 Å². The number of rotatable bonds is 6. The largest absolute Gasteiger partial charge is 0.504 e. The second-order valence-electron chi connectivity index (χ2n) is 6.55. The van der Waals surface area contributed by atoms with Gasteiger partial charge in [-0.3, -0.25) is 4.79 Å². The first-order chi connectivity index (χ1) is 14.5. The van der Waals surface area contributed by atoms with Crippen molar-refractivity contribution in [1.82, 2.24) is 0 Å². The Balaban J connectivity index is 1.93. The monoisotopic (exact) mass is 412 g/mol. The van der Waals surface area contributed by atoms with Crippen molar-refractivity contribution in [1.29, 1.82) is 0 Å². The van der Waals surface area contributed by atoms with Gasteiger partial charge >= 0.3 is 0 Å². The standard InChI is InChI=1S/C23H24O7/c1-26-19-6-5-14(9-18(19)24)7-16-12-30-13-17(22(16)25)8-15-10-20(27-2)23(29-4)21(11-15)28-3/h5-11,24H,12-13H2,1-4H3/b16-7+,17-8+. The van der Waals surface area contributed by atoms with Crippen LogP contribution >= 0.6 is 0 Å². The highest BCUT2D eigenvalue weighted by Crippen LogP contribution is 2.39. The molecule has 0 aliphatic carbocycles. The minimum absolute atomic E-state index is 0.00390. The number of hydrogen-bond donors (Lipinski definition) is 1. The zero-order valence-electron chi connectivity index (χ0n) is 17.4. The molecular formula is C23H24O7. The van der Waals surface area contributed by atoms with E-state index in [-0.39, 0.29) is 24.7 Å². The molecule has 0 amide bonds. The van der Waals surface area contributed by atoms with E-state index in [4.69, 9.17) is 23.7 Å². The highest BCUT2D eigenvalue weighted by atomic mass is 16.5. The highest BCUT2D eigenvalue weighted by Gasteiger charge is 2.22. The Morgan fingerprint density at radius 2 is 1.37 bits per heavy atom. The van der Waals surface area contributed by atoms with Gasteiger partial charge in [0.05, 0.1) is 41.7 Å². The molecule has 1 aliphatic rings. The van der Waals surface area contributed by atoms with Crippen LogP contribution in [0.4, 0.5) is 0 Å². The zero-order chi connectivity index (χ0) is 21.7. The first-order valence-electron chi connectivity index (χ1n) is 9.21. The molecule has 0 saturated carbocycles. The number of carbonyl (C=O) groups excluding carboxylic acids is 1. The molecular weight excluding hydrogens is 388 g/mol. The number of methoxy groups -OCH3 is 4. The zero-order valence-corrected chi connectivity index (χ0v) is 17.4. The van der Waals surface area contributed by atoms with Crippen LogP contribution in [-0.2, 0) is 9.53 Å². The lowest BCUT2D eigenvalue weighted by Gasteiger charge is -2.18. The van der Waals surface area contributed by atoms with Gasteiger partial charge in [-0.15, -0.1) is 0 Å². The van der Waals surface area contributed by atoms with Crippen LogP contribution in [0.25, 0.3) is 12.2 Å². The average Bonchev–Trinajstić information content (AvgIpc) is 2.75. The summed E-state index contributed by atoms with van der Waals surface area (Å²) < 4.78 is 26.7. The van der Waals surface area contributed by atoms with E-state index < -0.39 is 0 Å². The van der Waals surface area contributed by atoms with Gasteiger partial charge in [0, 0.05) is 11.1 Å². The number of aromatic hydroxyl groups is 1. The third-order valence-corrected chi connectivity index (χ3v) is 4.67. The van der Waals surface area contributed by atoms with Crippen molar-refractivity contribution in [3.63, 3.8) is 0 Å². The smallest absolute Gasteiger partial charge is 0.203 e. The highest BCUT2D eigenvalue weighted by molar-refractivity contribution is 6.14. The fourth-order valence-electron chi connectivity index (χ4n) is 3.21. The van der Waals surface area contributed by atoms with Gasteiger partial charge in [0.15, 0.2) is 28.8 Å². The van der Waals surface area contributed by atoms with Crippen LogP contribution in [0.15, 0.2) is 41.5 Å². The van der Waals surface area contributed by atoms with Crippen LogP contribution in [0.1, 0.15) is 11.1 Å². The van der Waals surface area contributed by atoms with E-state index in [1.54, 1.807) is 36.4 Å². The second kappa shape index (κ2) is 9.37. The normalized spacial score (nSPS) is 16.6. The Kier molecular flexibility index (Phi) is 6.64. The number of Topliss-reactive ketones (excluding diaryl/α,β-unsaturated/α-hetero) is 1. The Labute approximate surface area is 175 Å². The number of hydrogen-bond acceptors (Lipinski definition) is 7. The molecule has 0 aromatic heterocycles. The molecule has 158 valence electrons. The number of ketones is 1. The van der Waals surface area contributed by atoms with Crippen molar-refractivity contribution in [2.45, 2.75) is 0 Å². The molecule has 0 unspecified atom stereocenters. The maximum absolute atomic E-state index is 13.0. The van der Waals surface area contributed by atoms with E-state index in [0.29, 0.717) is 39.7 Å². The van der Waals surface area contributed by atoms with Gasteiger partial charge in [-0.2, -0.15) is 0 Å². The van der Waals surface area contributed by atoms with E-state index >= 15 is 0 Å². The molecule has 3 rings (SSSR count). The third-order valence-electron chi connectivity index (χ3n) is 4.67. The van der Waals surface area contributed by atoms with E-state index in [1.807, 2.05) is 0 Å². The molecule has 1 N–H and O–H groups in total. The summed E-state index contributed by atoms with van der Waals surface area (Å²) >= 11 is 0. The van der Waals surface area contributed by atoms with Crippen molar-refractivity contribution >= 4 is 17.9 Å². The fraction of sp³-hybridized carbons (Fsp3) is 0.261. The molecule has 30 heavy (non-hydrogen) atoms. The minimum atomic E-state index is -0.120. The summed E-state index contributed by atoms with van der Waals surface area (Å²) in [4.78, 5) is 13.0. The number of phenols is 1. The first kappa shape index (κ1) is 21.3. The Morgan fingerprint density at radius 1 is 0.800 bits per heavy atom. The van der Waals surface area contributed by atoms with E-state index in [9.17, 15) is 9.90 Å². The summed E-state index contributed by atoms with van der Waals surface area (Å²) in [5, 5.41) is 9.96. The average molecular weight is 412 g/mol. The van der Waals surface area contributed by atoms with Crippen LogP contribution in [-0.4, -0.2) is 52.5 Å². The van der Waals surface area contributed by atoms with Crippen molar-refractivity contribution in [2.75, 3.05) is 41.7 Å². The molecule has 7 nitrogen and oxygen atoms in total. The molecule has 1 aliphatic heterocycles. The maximum Gasteiger partial charge on any atom is 0.203 e. The lowest BCUT2D eigenvalue weighted by molar-refractivity contribution is -0.114. The van der Waals surface area contributed by atoms with E-state index in [2.05, 4.69) is 0 Å². The molecule has 0 spiro atoms. The summed E-state index contributed by atoms with van der Waals surface area (Å²) in [5.74, 6) is 1.73. The van der Waals surface area contributed by atoms with Crippen LogP contribution < -0.4 is 18.9 Å². The Hall–Kier alpha value is -3.45. The van der Waals surface area contributed by atoms with Gasteiger partial charge in [0.1, 0.15) is 0 Å². The van der Waals surface area contributed by atoms with Gasteiger partial charge < -0.3 is 28.8 Å². The van der Waals surface area contributed by atoms with Gasteiger partial charge in [-0.1, -0.05) is 6.07 Å². The van der Waals surface area contributed by atoms with Crippen LogP contribution in [0, 0.1) is 0 Å². The molecule has 2 aromatic carbocycles. The molecule has 2 aromatic rings. The number of phenolic OH excluding ortho intramolecular Hbond substituents is 1. The molecule has 1 heterocycles. The molecule has 7 heteroatoms. The SMILES string of the molecule is COc1ccc(/C=C2\COC/C(=C\c3cc(OC)c(OC)c(OC)c3)C2=O)cc1O. The summed E-state index contributed by atoms with van der Waals surface area (Å²) in [5.41, 5.74) is 2.39. The molecule has 1 fully saturated rings. The number of carbonyl (C=O) groups is 1. The molecule has 0 bridgehead atoms. The predicted octanol–water partition coefficient (Wildman–Crippen LogP) is 3.49. The van der Waals surface area contributed by atoms with Gasteiger partial charge in [-0.25, -0.2) is 0 Å². The summed E-state index contributed by atoms with van der Waals surface area (Å²) in [6, 6.07) is 8.47. The van der Waals surface area contributed by atoms with Crippen molar-refractivity contribution in [3.05, 3.63) is 52.6 Å². The molecule has 1 saturated heterocycles. The van der Waals surface area contributed by atoms with E-state index in [1.165, 1.54) is 34.5 Å². The second-order valence-corrected chi connectivity index (χ2v) is 6.55.